The summed E-state index contributed by atoms with van der Waals surface area (Å²) in [5, 5.41) is 12.6. The third-order valence-corrected chi connectivity index (χ3v) is 4.21. The topological polar surface area (TPSA) is 44.3 Å². The highest BCUT2D eigenvalue weighted by Gasteiger charge is 2.12. The average molecular weight is 330 g/mol. The quantitative estimate of drug-likeness (QED) is 0.558. The Kier molecular flexibility index (Phi) is 5.62. The van der Waals surface area contributed by atoms with Gasteiger partial charge in [0.25, 0.3) is 0 Å². The van der Waals surface area contributed by atoms with Crippen LogP contribution in [0, 0.1) is 0 Å². The van der Waals surface area contributed by atoms with E-state index in [2.05, 4.69) is 65.9 Å². The number of hydroxylamine groups is 1. The summed E-state index contributed by atoms with van der Waals surface area (Å²) in [5.41, 5.74) is 7.10. The highest BCUT2D eigenvalue weighted by molar-refractivity contribution is 5.60. The number of rotatable bonds is 7. The summed E-state index contributed by atoms with van der Waals surface area (Å²) in [7, 11) is 0. The molecule has 3 aromatic rings. The summed E-state index contributed by atoms with van der Waals surface area (Å²) in [4.78, 5) is 0. The van der Waals surface area contributed by atoms with Crippen LogP contribution in [-0.2, 0) is 6.54 Å². The first-order valence-electron chi connectivity index (χ1n) is 8.29. The van der Waals surface area contributed by atoms with Gasteiger partial charge in [-0.25, -0.2) is 0 Å². The normalized spacial score (nSPS) is 10.6. The lowest BCUT2D eigenvalue weighted by atomic mass is 9.98. The summed E-state index contributed by atoms with van der Waals surface area (Å²) in [6.45, 7) is 4.49. The molecule has 0 saturated heterocycles. The van der Waals surface area contributed by atoms with Crippen molar-refractivity contribution in [3.63, 3.8) is 0 Å². The van der Waals surface area contributed by atoms with E-state index < -0.39 is 0 Å². The Bertz CT molecular complexity index is 759. The first-order chi connectivity index (χ1) is 12.3. The van der Waals surface area contributed by atoms with Crippen LogP contribution < -0.4 is 10.8 Å². The maximum Gasteiger partial charge on any atom is 0.0602 e. The molecule has 0 unspecified atom stereocenters. The Morgan fingerprint density at radius 3 is 1.80 bits per heavy atom. The molecule has 0 heterocycles. The predicted octanol–water partition coefficient (Wildman–Crippen LogP) is 4.52. The van der Waals surface area contributed by atoms with Crippen LogP contribution in [0.25, 0.3) is 5.70 Å². The zero-order valence-electron chi connectivity index (χ0n) is 14.0. The van der Waals surface area contributed by atoms with Gasteiger partial charge in [-0.15, -0.1) is 0 Å². The van der Waals surface area contributed by atoms with E-state index in [4.69, 9.17) is 5.21 Å². The van der Waals surface area contributed by atoms with Crippen molar-refractivity contribution in [1.82, 2.24) is 10.8 Å². The first-order valence-corrected chi connectivity index (χ1v) is 8.29. The van der Waals surface area contributed by atoms with Crippen LogP contribution >= 0.6 is 0 Å². The summed E-state index contributed by atoms with van der Waals surface area (Å²) < 4.78 is 0. The number of nitrogens with one attached hydrogen (secondary N) is 2. The minimum Gasteiger partial charge on any atom is -0.302 e. The van der Waals surface area contributed by atoms with Gasteiger partial charge in [0.1, 0.15) is 0 Å². The van der Waals surface area contributed by atoms with Crippen molar-refractivity contribution in [2.24, 2.45) is 0 Å². The number of benzene rings is 3. The molecule has 0 aliphatic rings. The molecule has 126 valence electrons. The van der Waals surface area contributed by atoms with Gasteiger partial charge < -0.3 is 5.32 Å². The minimum atomic E-state index is 0.135. The van der Waals surface area contributed by atoms with Crippen LogP contribution in [0.3, 0.4) is 0 Å². The van der Waals surface area contributed by atoms with Crippen molar-refractivity contribution in [2.45, 2.75) is 12.6 Å². The molecule has 0 aliphatic carbocycles. The third kappa shape index (κ3) is 4.35. The van der Waals surface area contributed by atoms with E-state index in [-0.39, 0.29) is 6.04 Å². The fourth-order valence-corrected chi connectivity index (χ4v) is 2.83. The molecule has 3 N–H and O–H groups in total. The van der Waals surface area contributed by atoms with Gasteiger partial charge in [-0.3, -0.25) is 10.7 Å². The second kappa shape index (κ2) is 8.29. The second-order valence-electron chi connectivity index (χ2n) is 5.92. The van der Waals surface area contributed by atoms with Gasteiger partial charge in [0, 0.05) is 6.54 Å². The molecule has 3 heteroatoms. The monoisotopic (exact) mass is 330 g/mol. The Balaban J connectivity index is 1.76. The Morgan fingerprint density at radius 2 is 1.32 bits per heavy atom. The van der Waals surface area contributed by atoms with Gasteiger partial charge in [-0.2, -0.15) is 0 Å². The van der Waals surface area contributed by atoms with Crippen molar-refractivity contribution in [3.8, 4) is 0 Å². The maximum absolute atomic E-state index is 8.92. The lowest BCUT2D eigenvalue weighted by Crippen LogP contribution is -2.22. The van der Waals surface area contributed by atoms with Gasteiger partial charge >= 0.3 is 0 Å². The smallest absolute Gasteiger partial charge is 0.0602 e. The zero-order valence-corrected chi connectivity index (χ0v) is 14.0. The summed E-state index contributed by atoms with van der Waals surface area (Å²) in [5.74, 6) is 0. The van der Waals surface area contributed by atoms with Gasteiger partial charge in [-0.05, 0) is 22.3 Å². The Morgan fingerprint density at radius 1 is 0.800 bits per heavy atom. The van der Waals surface area contributed by atoms with Crippen molar-refractivity contribution in [3.05, 3.63) is 114 Å². The van der Waals surface area contributed by atoms with Gasteiger partial charge in [0.2, 0.25) is 0 Å². The fourth-order valence-electron chi connectivity index (χ4n) is 2.83. The van der Waals surface area contributed by atoms with Crippen LogP contribution in [0.15, 0.2) is 91.5 Å². The zero-order chi connectivity index (χ0) is 17.5. The van der Waals surface area contributed by atoms with Crippen LogP contribution in [-0.4, -0.2) is 5.21 Å². The van der Waals surface area contributed by atoms with Crippen LogP contribution in [0.2, 0.25) is 0 Å². The molecule has 0 saturated carbocycles. The Labute approximate surface area is 148 Å². The molecule has 0 amide bonds. The Hall–Kier alpha value is -2.88. The standard InChI is InChI=1S/C22H22N2O/c1-17(24-25)19-14-12-18(13-15-19)16-23-22(20-8-4-2-5-9-20)21-10-6-3-7-11-21/h2-15,22-25H,1,16H2. The molecular weight excluding hydrogens is 308 g/mol. The van der Waals surface area contributed by atoms with Crippen LogP contribution in [0.1, 0.15) is 28.3 Å². The van der Waals surface area contributed by atoms with E-state index in [1.165, 1.54) is 16.7 Å². The molecule has 0 radical (unpaired) electrons. The maximum atomic E-state index is 8.92. The molecular formula is C22H22N2O. The highest BCUT2D eigenvalue weighted by Crippen LogP contribution is 2.22. The molecule has 0 atom stereocenters. The lowest BCUT2D eigenvalue weighted by molar-refractivity contribution is 0.225. The number of hydrogen-bond donors (Lipinski definition) is 3. The van der Waals surface area contributed by atoms with Crippen molar-refractivity contribution < 1.29 is 5.21 Å². The summed E-state index contributed by atoms with van der Waals surface area (Å²) in [6.07, 6.45) is 0. The third-order valence-electron chi connectivity index (χ3n) is 4.21. The first kappa shape index (κ1) is 17.0. The molecule has 0 aliphatic heterocycles. The van der Waals surface area contributed by atoms with Crippen LogP contribution in [0.4, 0.5) is 0 Å². The molecule has 0 spiro atoms. The SMILES string of the molecule is C=C(NO)c1ccc(CNC(c2ccccc2)c2ccccc2)cc1. The molecule has 3 rings (SSSR count). The van der Waals surface area contributed by atoms with E-state index in [0.717, 1.165) is 12.1 Å². The molecule has 3 aromatic carbocycles. The van der Waals surface area contributed by atoms with E-state index in [1.807, 2.05) is 36.4 Å². The van der Waals surface area contributed by atoms with Gasteiger partial charge in [0.05, 0.1) is 11.7 Å². The summed E-state index contributed by atoms with van der Waals surface area (Å²) in [6, 6.07) is 29.0. The van der Waals surface area contributed by atoms with E-state index in [1.54, 1.807) is 0 Å². The molecule has 3 nitrogen and oxygen atoms in total. The molecule has 0 bridgehead atoms. The van der Waals surface area contributed by atoms with E-state index in [9.17, 15) is 0 Å². The van der Waals surface area contributed by atoms with Crippen molar-refractivity contribution in [1.29, 1.82) is 0 Å². The van der Waals surface area contributed by atoms with Crippen molar-refractivity contribution in [2.75, 3.05) is 0 Å². The van der Waals surface area contributed by atoms with E-state index >= 15 is 0 Å². The second-order valence-corrected chi connectivity index (χ2v) is 5.92. The minimum absolute atomic E-state index is 0.135. The lowest BCUT2D eigenvalue weighted by Gasteiger charge is -2.20. The largest absolute Gasteiger partial charge is 0.302 e. The molecule has 25 heavy (non-hydrogen) atoms. The van der Waals surface area contributed by atoms with Crippen LogP contribution in [0.5, 0.6) is 0 Å². The number of hydrogen-bond acceptors (Lipinski definition) is 3. The fraction of sp³-hybridized carbons (Fsp3) is 0.0909. The average Bonchev–Trinajstić information content (AvgIpc) is 2.70. The predicted molar refractivity (Wildman–Crippen MR) is 102 cm³/mol. The van der Waals surface area contributed by atoms with Gasteiger partial charge in [0.15, 0.2) is 0 Å². The van der Waals surface area contributed by atoms with Crippen molar-refractivity contribution >= 4 is 5.70 Å². The van der Waals surface area contributed by atoms with Gasteiger partial charge in [-0.1, -0.05) is 91.5 Å². The highest BCUT2D eigenvalue weighted by atomic mass is 16.5. The van der Waals surface area contributed by atoms with E-state index in [0.29, 0.717) is 5.70 Å². The molecule has 0 fully saturated rings. The summed E-state index contributed by atoms with van der Waals surface area (Å²) >= 11 is 0. The molecule has 0 aromatic heterocycles.